The van der Waals surface area contributed by atoms with Crippen molar-refractivity contribution in [3.63, 3.8) is 0 Å². The van der Waals surface area contributed by atoms with E-state index in [0.717, 1.165) is 32.2 Å². The lowest BCUT2D eigenvalue weighted by Crippen LogP contribution is -2.41. The number of likely N-dealkylation sites (tertiary alicyclic amines) is 1. The predicted molar refractivity (Wildman–Crippen MR) is 68.9 cm³/mol. The number of piperidine rings is 1. The van der Waals surface area contributed by atoms with E-state index in [2.05, 4.69) is 24.2 Å². The molecule has 1 saturated heterocycles. The highest BCUT2D eigenvalue weighted by atomic mass is 16.5. The Morgan fingerprint density at radius 2 is 1.88 bits per heavy atom. The van der Waals surface area contributed by atoms with Crippen molar-refractivity contribution in [2.75, 3.05) is 39.9 Å². The summed E-state index contributed by atoms with van der Waals surface area (Å²) in [7, 11) is 2.21. The van der Waals surface area contributed by atoms with Crippen LogP contribution >= 0.6 is 0 Å². The topological polar surface area (TPSA) is 24.5 Å². The molecule has 96 valence electrons. The van der Waals surface area contributed by atoms with Crippen LogP contribution in [-0.4, -0.2) is 50.8 Å². The quantitative estimate of drug-likeness (QED) is 0.642. The number of ether oxygens (including phenoxy) is 1. The summed E-state index contributed by atoms with van der Waals surface area (Å²) in [6.45, 7) is 7.64. The van der Waals surface area contributed by atoms with Crippen molar-refractivity contribution in [3.05, 3.63) is 0 Å². The van der Waals surface area contributed by atoms with Gasteiger partial charge in [-0.3, -0.25) is 0 Å². The summed E-state index contributed by atoms with van der Waals surface area (Å²) in [4.78, 5) is 2.41. The summed E-state index contributed by atoms with van der Waals surface area (Å²) in [6, 6.07) is 0.742. The first kappa shape index (κ1) is 13.9. The first-order valence-electron chi connectivity index (χ1n) is 6.82. The molecule has 3 nitrogen and oxygen atoms in total. The highest BCUT2D eigenvalue weighted by Crippen LogP contribution is 2.07. The van der Waals surface area contributed by atoms with Gasteiger partial charge in [0.2, 0.25) is 0 Å². The molecule has 0 bridgehead atoms. The van der Waals surface area contributed by atoms with E-state index in [0.29, 0.717) is 0 Å². The van der Waals surface area contributed by atoms with Crippen LogP contribution in [-0.2, 0) is 4.74 Å². The minimum absolute atomic E-state index is 0.742. The van der Waals surface area contributed by atoms with E-state index in [-0.39, 0.29) is 0 Å². The van der Waals surface area contributed by atoms with Gasteiger partial charge in [-0.25, -0.2) is 0 Å². The monoisotopic (exact) mass is 228 g/mol. The summed E-state index contributed by atoms with van der Waals surface area (Å²) in [5.41, 5.74) is 0. The Labute approximate surface area is 101 Å². The molecule has 0 aliphatic carbocycles. The van der Waals surface area contributed by atoms with Crippen LogP contribution in [0.3, 0.4) is 0 Å². The maximum Gasteiger partial charge on any atom is 0.0478 e. The maximum atomic E-state index is 5.53. The predicted octanol–water partition coefficient (Wildman–Crippen LogP) is 1.88. The summed E-state index contributed by atoms with van der Waals surface area (Å²) in [5.74, 6) is 0. The van der Waals surface area contributed by atoms with Gasteiger partial charge >= 0.3 is 0 Å². The van der Waals surface area contributed by atoms with Gasteiger partial charge in [0.05, 0.1) is 0 Å². The van der Waals surface area contributed by atoms with E-state index in [1.165, 1.54) is 38.8 Å². The van der Waals surface area contributed by atoms with E-state index in [4.69, 9.17) is 4.74 Å². The molecule has 0 aromatic heterocycles. The standard InChI is InChI=1S/C13H28N2O/c1-3-4-11-16-12-5-8-14-13-6-9-15(2)10-7-13/h13-14H,3-12H2,1-2H3. The van der Waals surface area contributed by atoms with Crippen molar-refractivity contribution in [1.29, 1.82) is 0 Å². The van der Waals surface area contributed by atoms with Crippen LogP contribution in [0, 0.1) is 0 Å². The van der Waals surface area contributed by atoms with E-state index in [1.54, 1.807) is 0 Å². The second-order valence-electron chi connectivity index (χ2n) is 4.85. The zero-order chi connectivity index (χ0) is 11.6. The molecule has 1 rings (SSSR count). The molecule has 0 radical (unpaired) electrons. The highest BCUT2D eigenvalue weighted by molar-refractivity contribution is 4.75. The molecule has 16 heavy (non-hydrogen) atoms. The zero-order valence-corrected chi connectivity index (χ0v) is 11.0. The van der Waals surface area contributed by atoms with Crippen molar-refractivity contribution in [3.8, 4) is 0 Å². The van der Waals surface area contributed by atoms with Crippen molar-refractivity contribution < 1.29 is 4.74 Å². The van der Waals surface area contributed by atoms with E-state index in [1.807, 2.05) is 0 Å². The molecule has 0 aromatic rings. The molecular formula is C13H28N2O. The van der Waals surface area contributed by atoms with Gasteiger partial charge in [0.25, 0.3) is 0 Å². The van der Waals surface area contributed by atoms with E-state index < -0.39 is 0 Å². The Kier molecular flexibility index (Phi) is 7.81. The fourth-order valence-corrected chi connectivity index (χ4v) is 2.04. The smallest absolute Gasteiger partial charge is 0.0478 e. The largest absolute Gasteiger partial charge is 0.381 e. The molecule has 0 spiro atoms. The lowest BCUT2D eigenvalue weighted by Gasteiger charge is -2.29. The van der Waals surface area contributed by atoms with Gasteiger partial charge in [-0.15, -0.1) is 0 Å². The summed E-state index contributed by atoms with van der Waals surface area (Å²) < 4.78 is 5.53. The van der Waals surface area contributed by atoms with E-state index >= 15 is 0 Å². The van der Waals surface area contributed by atoms with Crippen molar-refractivity contribution >= 4 is 0 Å². The third-order valence-corrected chi connectivity index (χ3v) is 3.26. The zero-order valence-electron chi connectivity index (χ0n) is 11.0. The minimum atomic E-state index is 0.742. The fraction of sp³-hybridized carbons (Fsp3) is 1.00. The fourth-order valence-electron chi connectivity index (χ4n) is 2.04. The van der Waals surface area contributed by atoms with Crippen LogP contribution in [0.4, 0.5) is 0 Å². The van der Waals surface area contributed by atoms with Crippen molar-refractivity contribution in [2.24, 2.45) is 0 Å². The van der Waals surface area contributed by atoms with Gasteiger partial charge in [0.1, 0.15) is 0 Å². The molecule has 1 aliphatic rings. The third-order valence-electron chi connectivity index (χ3n) is 3.26. The molecule has 0 amide bonds. The molecule has 0 unspecified atom stereocenters. The number of hydrogen-bond acceptors (Lipinski definition) is 3. The average Bonchev–Trinajstić information content (AvgIpc) is 2.30. The SMILES string of the molecule is CCCCOCCCNC1CCN(C)CC1. The normalized spacial score (nSPS) is 19.1. The summed E-state index contributed by atoms with van der Waals surface area (Å²) in [6.07, 6.45) is 6.17. The first-order valence-corrected chi connectivity index (χ1v) is 6.82. The van der Waals surface area contributed by atoms with E-state index in [9.17, 15) is 0 Å². The Morgan fingerprint density at radius 3 is 2.56 bits per heavy atom. The van der Waals surface area contributed by atoms with Gasteiger partial charge in [-0.05, 0) is 52.4 Å². The van der Waals surface area contributed by atoms with Crippen LogP contribution in [0.1, 0.15) is 39.0 Å². The van der Waals surface area contributed by atoms with Gasteiger partial charge < -0.3 is 15.0 Å². The number of nitrogens with zero attached hydrogens (tertiary/aromatic N) is 1. The van der Waals surface area contributed by atoms with Crippen LogP contribution in [0.25, 0.3) is 0 Å². The minimum Gasteiger partial charge on any atom is -0.381 e. The molecule has 1 heterocycles. The van der Waals surface area contributed by atoms with Gasteiger partial charge in [-0.2, -0.15) is 0 Å². The lowest BCUT2D eigenvalue weighted by molar-refractivity contribution is 0.127. The Hall–Kier alpha value is -0.120. The highest BCUT2D eigenvalue weighted by Gasteiger charge is 2.15. The first-order chi connectivity index (χ1) is 7.83. The third kappa shape index (κ3) is 6.46. The molecule has 3 heteroatoms. The lowest BCUT2D eigenvalue weighted by atomic mass is 10.1. The average molecular weight is 228 g/mol. The Morgan fingerprint density at radius 1 is 1.19 bits per heavy atom. The maximum absolute atomic E-state index is 5.53. The van der Waals surface area contributed by atoms with Crippen LogP contribution in [0.5, 0.6) is 0 Å². The number of hydrogen-bond donors (Lipinski definition) is 1. The number of nitrogens with one attached hydrogen (secondary N) is 1. The summed E-state index contributed by atoms with van der Waals surface area (Å²) >= 11 is 0. The van der Waals surface area contributed by atoms with Gasteiger partial charge in [0.15, 0.2) is 0 Å². The van der Waals surface area contributed by atoms with Crippen LogP contribution in [0.15, 0.2) is 0 Å². The molecule has 0 aromatic carbocycles. The molecular weight excluding hydrogens is 200 g/mol. The second kappa shape index (κ2) is 8.97. The Balaban J connectivity index is 1.84. The molecule has 0 saturated carbocycles. The molecule has 1 N–H and O–H groups in total. The van der Waals surface area contributed by atoms with Gasteiger partial charge in [0, 0.05) is 19.3 Å². The number of unbranched alkanes of at least 4 members (excludes halogenated alkanes) is 1. The van der Waals surface area contributed by atoms with Crippen LogP contribution < -0.4 is 5.32 Å². The van der Waals surface area contributed by atoms with Gasteiger partial charge in [-0.1, -0.05) is 13.3 Å². The Bertz CT molecular complexity index is 156. The molecule has 0 atom stereocenters. The molecule has 1 aliphatic heterocycles. The summed E-state index contributed by atoms with van der Waals surface area (Å²) in [5, 5.41) is 3.63. The van der Waals surface area contributed by atoms with Crippen LogP contribution in [0.2, 0.25) is 0 Å². The van der Waals surface area contributed by atoms with Crippen molar-refractivity contribution in [2.45, 2.75) is 45.1 Å². The van der Waals surface area contributed by atoms with Crippen molar-refractivity contribution in [1.82, 2.24) is 10.2 Å². The molecule has 1 fully saturated rings. The number of rotatable bonds is 8. The second-order valence-corrected chi connectivity index (χ2v) is 4.85.